The fraction of sp³-hybridized carbons (Fsp3) is 0.444. The molecule has 1 atom stereocenters. The molecule has 0 radical (unpaired) electrons. The SMILES string of the molecule is CC.CCN(C[18F])C(=O)CCCCCC1Cc2ccccc2-c2[nH]c3ccccc3c21. The van der Waals surface area contributed by atoms with Crippen molar-refractivity contribution < 1.29 is 9.18 Å². The summed E-state index contributed by atoms with van der Waals surface area (Å²) in [5, 5.41) is 1.33. The average Bonchev–Trinajstić information content (AvgIpc) is 3.21. The Morgan fingerprint density at radius 3 is 2.58 bits per heavy atom. The van der Waals surface area contributed by atoms with Crippen LogP contribution >= 0.6 is 0 Å². The van der Waals surface area contributed by atoms with Gasteiger partial charge in [-0.25, -0.2) is 4.39 Å². The van der Waals surface area contributed by atoms with Gasteiger partial charge >= 0.3 is 0 Å². The molecule has 0 bridgehead atoms. The van der Waals surface area contributed by atoms with E-state index in [4.69, 9.17) is 0 Å². The number of fused-ring (bicyclic) bond motifs is 5. The zero-order chi connectivity index (χ0) is 22.2. The largest absolute Gasteiger partial charge is 0.354 e. The number of aromatic amines is 1. The zero-order valence-electron chi connectivity index (χ0n) is 19.1. The van der Waals surface area contributed by atoms with Crippen LogP contribution in [0.25, 0.3) is 22.2 Å². The summed E-state index contributed by atoms with van der Waals surface area (Å²) in [6, 6.07) is 17.3. The summed E-state index contributed by atoms with van der Waals surface area (Å²) in [7, 11) is 0. The quantitative estimate of drug-likeness (QED) is 0.302. The monoisotopic (exact) mass is 421 g/mol. The predicted octanol–water partition coefficient (Wildman–Crippen LogP) is 7.23. The lowest BCUT2D eigenvalue weighted by molar-refractivity contribution is -0.132. The highest BCUT2D eigenvalue weighted by molar-refractivity contribution is 5.93. The summed E-state index contributed by atoms with van der Waals surface area (Å²) < 4.78 is 12.8. The van der Waals surface area contributed by atoms with E-state index in [1.165, 1.54) is 38.2 Å². The highest BCUT2D eigenvalue weighted by atomic mass is 18.2. The van der Waals surface area contributed by atoms with Crippen molar-refractivity contribution in [2.45, 2.75) is 65.2 Å². The van der Waals surface area contributed by atoms with Gasteiger partial charge < -0.3 is 9.88 Å². The van der Waals surface area contributed by atoms with Crippen molar-refractivity contribution >= 4 is 16.8 Å². The van der Waals surface area contributed by atoms with Crippen LogP contribution in [-0.2, 0) is 11.2 Å². The fourth-order valence-corrected chi connectivity index (χ4v) is 4.69. The summed E-state index contributed by atoms with van der Waals surface area (Å²) in [4.78, 5) is 16.9. The molecule has 1 unspecified atom stereocenters. The molecular weight excluding hydrogens is 386 g/mol. The van der Waals surface area contributed by atoms with Gasteiger partial charge in [0.05, 0.1) is 5.69 Å². The van der Waals surface area contributed by atoms with Crippen LogP contribution in [0.3, 0.4) is 0 Å². The zero-order valence-corrected chi connectivity index (χ0v) is 19.1. The van der Waals surface area contributed by atoms with Gasteiger partial charge in [0, 0.05) is 29.4 Å². The number of rotatable bonds is 8. The van der Waals surface area contributed by atoms with E-state index in [-0.39, 0.29) is 5.91 Å². The van der Waals surface area contributed by atoms with Crippen molar-refractivity contribution in [2.75, 3.05) is 13.3 Å². The van der Waals surface area contributed by atoms with E-state index in [1.807, 2.05) is 20.8 Å². The van der Waals surface area contributed by atoms with Crippen LogP contribution in [-0.4, -0.2) is 29.1 Å². The second kappa shape index (κ2) is 11.1. The molecule has 1 aromatic heterocycles. The number of hydrogen-bond acceptors (Lipinski definition) is 1. The number of amides is 1. The molecule has 1 heterocycles. The Morgan fingerprint density at radius 1 is 1.06 bits per heavy atom. The summed E-state index contributed by atoms with van der Waals surface area (Å²) in [5.74, 6) is 0.422. The lowest BCUT2D eigenvalue weighted by atomic mass is 9.78. The van der Waals surface area contributed by atoms with E-state index in [0.29, 0.717) is 18.9 Å². The molecule has 31 heavy (non-hydrogen) atoms. The van der Waals surface area contributed by atoms with Crippen LogP contribution in [0, 0.1) is 0 Å². The Hall–Kier alpha value is -2.62. The second-order valence-electron chi connectivity index (χ2n) is 7.99. The maximum absolute atomic E-state index is 12.8. The van der Waals surface area contributed by atoms with Crippen LogP contribution in [0.15, 0.2) is 48.5 Å². The van der Waals surface area contributed by atoms with Crippen molar-refractivity contribution in [3.8, 4) is 11.3 Å². The second-order valence-corrected chi connectivity index (χ2v) is 7.99. The highest BCUT2D eigenvalue weighted by Crippen LogP contribution is 2.45. The summed E-state index contributed by atoms with van der Waals surface area (Å²) in [6.45, 7) is 5.58. The number of unbranched alkanes of at least 4 members (excludes halogenated alkanes) is 2. The number of H-pyrrole nitrogens is 1. The van der Waals surface area contributed by atoms with Gasteiger partial charge in [0.25, 0.3) is 0 Å². The number of nitrogens with one attached hydrogen (secondary N) is 1. The highest BCUT2D eigenvalue weighted by Gasteiger charge is 2.27. The first kappa shape index (κ1) is 23.1. The number of para-hydroxylation sites is 1. The molecule has 166 valence electrons. The Kier molecular flexibility index (Phi) is 8.27. The minimum atomic E-state index is -0.680. The molecule has 0 spiro atoms. The molecular formula is C27H35FN2O. The third-order valence-corrected chi connectivity index (χ3v) is 6.23. The average molecular weight is 422 g/mol. The predicted molar refractivity (Wildman–Crippen MR) is 128 cm³/mol. The van der Waals surface area contributed by atoms with Crippen molar-refractivity contribution in [3.05, 3.63) is 59.7 Å². The molecule has 2 aromatic carbocycles. The third kappa shape index (κ3) is 5.00. The van der Waals surface area contributed by atoms with Gasteiger partial charge in [-0.05, 0) is 49.3 Å². The molecule has 1 N–H and O–H groups in total. The van der Waals surface area contributed by atoms with Crippen LogP contribution in [0.2, 0.25) is 0 Å². The van der Waals surface area contributed by atoms with Crippen molar-refractivity contribution in [2.24, 2.45) is 0 Å². The number of carbonyl (C=O) groups is 1. The van der Waals surface area contributed by atoms with E-state index < -0.39 is 6.80 Å². The molecule has 1 amide bonds. The number of benzene rings is 2. The number of nitrogens with zero attached hydrogens (tertiary/aromatic N) is 1. The van der Waals surface area contributed by atoms with Gasteiger partial charge in [-0.2, -0.15) is 0 Å². The van der Waals surface area contributed by atoms with Gasteiger partial charge in [0.2, 0.25) is 5.91 Å². The summed E-state index contributed by atoms with van der Waals surface area (Å²) in [5.41, 5.74) is 6.66. The Bertz CT molecular complexity index is 990. The van der Waals surface area contributed by atoms with E-state index >= 15 is 0 Å². The van der Waals surface area contributed by atoms with Crippen molar-refractivity contribution in [1.82, 2.24) is 9.88 Å². The molecule has 0 saturated carbocycles. The lowest BCUT2D eigenvalue weighted by Gasteiger charge is -2.26. The number of aromatic nitrogens is 1. The number of carbonyl (C=O) groups excluding carboxylic acids is 1. The van der Waals surface area contributed by atoms with Crippen LogP contribution in [0.1, 0.15) is 69.9 Å². The molecule has 1 aliphatic rings. The first-order chi connectivity index (χ1) is 15.2. The molecule has 1 aliphatic carbocycles. The molecule has 0 fully saturated rings. The lowest BCUT2D eigenvalue weighted by Crippen LogP contribution is -2.29. The minimum absolute atomic E-state index is 0.0690. The van der Waals surface area contributed by atoms with Gasteiger partial charge in [0.15, 0.2) is 6.80 Å². The van der Waals surface area contributed by atoms with E-state index in [2.05, 4.69) is 53.5 Å². The number of halogens is 1. The van der Waals surface area contributed by atoms with Gasteiger partial charge in [-0.3, -0.25) is 4.79 Å². The maximum atomic E-state index is 12.8. The molecule has 4 heteroatoms. The number of hydrogen-bond donors (Lipinski definition) is 1. The standard InChI is InChI=1S/C25H29FN2O.C2H6/c1-2-28(17-26)23(29)15-5-3-4-11-19-16-18-10-6-7-12-20(18)25-24(19)21-13-8-9-14-22(21)27-25;1-2/h6-10,12-14,19,27H,2-5,11,15-17H2,1H3;1-2H3/i26-1;. The maximum Gasteiger partial charge on any atom is 0.224 e. The first-order valence-corrected chi connectivity index (χ1v) is 11.8. The molecule has 0 aliphatic heterocycles. The van der Waals surface area contributed by atoms with Gasteiger partial charge in [-0.1, -0.05) is 69.2 Å². The normalized spacial score (nSPS) is 14.4. The van der Waals surface area contributed by atoms with Crippen LogP contribution in [0.5, 0.6) is 0 Å². The van der Waals surface area contributed by atoms with E-state index in [9.17, 15) is 9.18 Å². The van der Waals surface area contributed by atoms with Gasteiger partial charge in [-0.15, -0.1) is 0 Å². The summed E-state index contributed by atoms with van der Waals surface area (Å²) >= 11 is 0. The Balaban J connectivity index is 0.00000132. The van der Waals surface area contributed by atoms with Crippen molar-refractivity contribution in [1.29, 1.82) is 0 Å². The van der Waals surface area contributed by atoms with E-state index in [0.717, 1.165) is 32.1 Å². The molecule has 3 aromatic rings. The van der Waals surface area contributed by atoms with Crippen molar-refractivity contribution in [3.63, 3.8) is 0 Å². The summed E-state index contributed by atoms with van der Waals surface area (Å²) in [6.07, 6.45) is 5.54. The Morgan fingerprint density at radius 2 is 1.81 bits per heavy atom. The smallest absolute Gasteiger partial charge is 0.224 e. The molecule has 0 saturated heterocycles. The van der Waals surface area contributed by atoms with Gasteiger partial charge in [0.1, 0.15) is 0 Å². The molecule has 3 nitrogen and oxygen atoms in total. The Labute approximate surface area is 185 Å². The third-order valence-electron chi connectivity index (χ3n) is 6.23. The first-order valence-electron chi connectivity index (χ1n) is 11.8. The van der Waals surface area contributed by atoms with Crippen LogP contribution < -0.4 is 0 Å². The van der Waals surface area contributed by atoms with E-state index in [1.54, 1.807) is 0 Å². The van der Waals surface area contributed by atoms with Crippen LogP contribution in [0.4, 0.5) is 4.39 Å². The molecule has 4 rings (SSSR count). The topological polar surface area (TPSA) is 36.1 Å². The minimum Gasteiger partial charge on any atom is -0.354 e. The number of alkyl halides is 1. The fourth-order valence-electron chi connectivity index (χ4n) is 4.69.